The van der Waals surface area contributed by atoms with Gasteiger partial charge in [-0.05, 0) is 12.1 Å². The largest absolute Gasteiger partial charge is 0.379 e. The molecule has 0 unspecified atom stereocenters. The van der Waals surface area contributed by atoms with Gasteiger partial charge in [-0.1, -0.05) is 0 Å². The molecule has 0 radical (unpaired) electrons. The summed E-state index contributed by atoms with van der Waals surface area (Å²) in [4.78, 5) is 3.14. The molecule has 0 saturated carbocycles. The zero-order chi connectivity index (χ0) is 13.1. The molecule has 2 fully saturated rings. The van der Waals surface area contributed by atoms with Gasteiger partial charge < -0.3 is 14.5 Å². The molecule has 6 nitrogen and oxygen atoms in total. The van der Waals surface area contributed by atoms with Gasteiger partial charge in [0.25, 0.3) is 7.44 Å². The Morgan fingerprint density at radius 3 is 1.95 bits per heavy atom. The predicted octanol–water partition coefficient (Wildman–Crippen LogP) is 0.497. The molecule has 2 saturated heterocycles. The maximum atomic E-state index is 13.7. The van der Waals surface area contributed by atoms with E-state index in [2.05, 4.69) is 14.3 Å². The van der Waals surface area contributed by atoms with Gasteiger partial charge >= 0.3 is 0 Å². The van der Waals surface area contributed by atoms with Crippen LogP contribution in [0.2, 0.25) is 0 Å². The molecule has 106 valence electrons. The second-order valence-electron chi connectivity index (χ2n) is 4.73. The first-order chi connectivity index (χ1) is 9.32. The summed E-state index contributed by atoms with van der Waals surface area (Å²) in [5.74, 6) is 0. The minimum atomic E-state index is -2.72. The van der Waals surface area contributed by atoms with E-state index >= 15 is 0 Å². The van der Waals surface area contributed by atoms with Gasteiger partial charge in [0.15, 0.2) is 0 Å². The second-order valence-corrected chi connectivity index (χ2v) is 7.43. The predicted molar refractivity (Wildman–Crippen MR) is 72.8 cm³/mol. The standard InChI is InChI=1S/C12H20N3O3P/c16-19(12-2-1-3-13-12,14-4-8-17-9-5-14)15-6-10-18-11-7-15/h1-3,13H,4-11H2. The van der Waals surface area contributed by atoms with Crippen molar-refractivity contribution in [1.29, 1.82) is 0 Å². The van der Waals surface area contributed by atoms with E-state index in [1.54, 1.807) is 0 Å². The normalized spacial score (nSPS) is 23.6. The van der Waals surface area contributed by atoms with Crippen LogP contribution in [0.5, 0.6) is 0 Å². The average molecular weight is 285 g/mol. The lowest BCUT2D eigenvalue weighted by Gasteiger charge is -2.41. The maximum Gasteiger partial charge on any atom is 0.261 e. The Labute approximate surface area is 113 Å². The van der Waals surface area contributed by atoms with E-state index in [0.29, 0.717) is 52.6 Å². The summed E-state index contributed by atoms with van der Waals surface area (Å²) in [5, 5.41) is 0. The van der Waals surface area contributed by atoms with Crippen LogP contribution in [0.25, 0.3) is 0 Å². The van der Waals surface area contributed by atoms with E-state index < -0.39 is 7.44 Å². The zero-order valence-corrected chi connectivity index (χ0v) is 11.8. The van der Waals surface area contributed by atoms with Crippen molar-refractivity contribution in [3.05, 3.63) is 18.3 Å². The Morgan fingerprint density at radius 2 is 1.53 bits per heavy atom. The Bertz CT molecular complexity index is 417. The van der Waals surface area contributed by atoms with Crippen LogP contribution >= 0.6 is 7.44 Å². The Hall–Kier alpha value is -0.650. The molecule has 0 aromatic carbocycles. The first-order valence-corrected chi connectivity index (χ1v) is 8.33. The van der Waals surface area contributed by atoms with Gasteiger partial charge in [0.1, 0.15) is 5.44 Å². The summed E-state index contributed by atoms with van der Waals surface area (Å²) in [6.07, 6.45) is 1.84. The highest BCUT2D eigenvalue weighted by Crippen LogP contribution is 2.52. The zero-order valence-electron chi connectivity index (χ0n) is 11.0. The Kier molecular flexibility index (Phi) is 4.05. The van der Waals surface area contributed by atoms with Crippen LogP contribution in [-0.4, -0.2) is 66.9 Å². The van der Waals surface area contributed by atoms with E-state index in [9.17, 15) is 4.57 Å². The number of aromatic amines is 1. The average Bonchev–Trinajstić information content (AvgIpc) is 3.03. The summed E-state index contributed by atoms with van der Waals surface area (Å²) < 4.78 is 28.6. The molecule has 1 N–H and O–H groups in total. The minimum Gasteiger partial charge on any atom is -0.379 e. The molecule has 1 aromatic rings. The van der Waals surface area contributed by atoms with Crippen molar-refractivity contribution in [3.63, 3.8) is 0 Å². The molecular formula is C12H20N3O3P. The fourth-order valence-electron chi connectivity index (χ4n) is 2.64. The molecule has 1 aromatic heterocycles. The fourth-order valence-corrected chi connectivity index (χ4v) is 5.54. The van der Waals surface area contributed by atoms with Crippen molar-refractivity contribution in [3.8, 4) is 0 Å². The monoisotopic (exact) mass is 285 g/mol. The first-order valence-electron chi connectivity index (χ1n) is 6.72. The smallest absolute Gasteiger partial charge is 0.261 e. The highest BCUT2D eigenvalue weighted by molar-refractivity contribution is 7.66. The topological polar surface area (TPSA) is 57.8 Å². The van der Waals surface area contributed by atoms with Crippen LogP contribution in [0.15, 0.2) is 18.3 Å². The van der Waals surface area contributed by atoms with Gasteiger partial charge in [-0.25, -0.2) is 9.34 Å². The van der Waals surface area contributed by atoms with Gasteiger partial charge in [-0.15, -0.1) is 0 Å². The molecule has 0 atom stereocenters. The number of hydrogen-bond donors (Lipinski definition) is 1. The van der Waals surface area contributed by atoms with Crippen LogP contribution in [0.4, 0.5) is 0 Å². The molecule has 3 rings (SSSR count). The van der Waals surface area contributed by atoms with Crippen molar-refractivity contribution in [2.75, 3.05) is 52.6 Å². The molecule has 2 aliphatic heterocycles. The minimum absolute atomic E-state index is 0.648. The van der Waals surface area contributed by atoms with Gasteiger partial charge in [0.2, 0.25) is 0 Å². The van der Waals surface area contributed by atoms with E-state index in [1.807, 2.05) is 18.3 Å². The van der Waals surface area contributed by atoms with Crippen LogP contribution in [0.1, 0.15) is 0 Å². The summed E-state index contributed by atoms with van der Waals surface area (Å²) in [5.41, 5.74) is 0.816. The third-order valence-corrected chi connectivity index (χ3v) is 6.88. The summed E-state index contributed by atoms with van der Waals surface area (Å²) >= 11 is 0. The Morgan fingerprint density at radius 1 is 1.00 bits per heavy atom. The number of H-pyrrole nitrogens is 1. The highest BCUT2D eigenvalue weighted by Gasteiger charge is 2.41. The van der Waals surface area contributed by atoms with Gasteiger partial charge in [-0.2, -0.15) is 0 Å². The van der Waals surface area contributed by atoms with Crippen LogP contribution < -0.4 is 5.44 Å². The second kappa shape index (κ2) is 5.77. The molecule has 7 heteroatoms. The van der Waals surface area contributed by atoms with E-state index in [-0.39, 0.29) is 0 Å². The Balaban J connectivity index is 1.92. The molecule has 0 aliphatic carbocycles. The molecule has 0 spiro atoms. The number of rotatable bonds is 3. The van der Waals surface area contributed by atoms with Gasteiger partial charge in [0.05, 0.1) is 26.4 Å². The van der Waals surface area contributed by atoms with Crippen molar-refractivity contribution in [1.82, 2.24) is 14.3 Å². The molecule has 0 bridgehead atoms. The summed E-state index contributed by atoms with van der Waals surface area (Å²) in [6, 6.07) is 3.83. The van der Waals surface area contributed by atoms with Crippen molar-refractivity contribution < 1.29 is 14.0 Å². The van der Waals surface area contributed by atoms with Gasteiger partial charge in [0, 0.05) is 32.4 Å². The quantitative estimate of drug-likeness (QED) is 0.820. The fraction of sp³-hybridized carbons (Fsp3) is 0.667. The number of nitrogens with zero attached hydrogens (tertiary/aromatic N) is 2. The highest BCUT2D eigenvalue weighted by atomic mass is 31.2. The van der Waals surface area contributed by atoms with Crippen molar-refractivity contribution >= 4 is 12.9 Å². The lowest BCUT2D eigenvalue weighted by atomic mass is 10.5. The van der Waals surface area contributed by atoms with Crippen molar-refractivity contribution in [2.45, 2.75) is 0 Å². The van der Waals surface area contributed by atoms with E-state index in [4.69, 9.17) is 9.47 Å². The third-order valence-electron chi connectivity index (χ3n) is 3.64. The number of nitrogens with one attached hydrogen (secondary N) is 1. The van der Waals surface area contributed by atoms with Crippen LogP contribution in [-0.2, 0) is 14.0 Å². The first kappa shape index (κ1) is 13.3. The molecule has 3 heterocycles. The van der Waals surface area contributed by atoms with Gasteiger partial charge in [-0.3, -0.25) is 4.57 Å². The summed E-state index contributed by atoms with van der Waals surface area (Å²) in [6.45, 7) is 5.46. The lowest BCUT2D eigenvalue weighted by molar-refractivity contribution is 0.0537. The molecule has 2 aliphatic rings. The molecule has 0 amide bonds. The molecule has 19 heavy (non-hydrogen) atoms. The van der Waals surface area contributed by atoms with E-state index in [0.717, 1.165) is 5.44 Å². The molecular weight excluding hydrogens is 265 g/mol. The summed E-state index contributed by atoms with van der Waals surface area (Å²) in [7, 11) is -2.72. The number of morpholine rings is 2. The van der Waals surface area contributed by atoms with Crippen LogP contribution in [0.3, 0.4) is 0 Å². The number of ether oxygens (including phenoxy) is 2. The van der Waals surface area contributed by atoms with Crippen LogP contribution in [0, 0.1) is 0 Å². The maximum absolute atomic E-state index is 13.7. The number of hydrogen-bond acceptors (Lipinski definition) is 3. The van der Waals surface area contributed by atoms with Crippen molar-refractivity contribution in [2.24, 2.45) is 0 Å². The number of aromatic nitrogens is 1. The lowest BCUT2D eigenvalue weighted by Crippen LogP contribution is -2.46. The van der Waals surface area contributed by atoms with E-state index in [1.165, 1.54) is 0 Å². The third kappa shape index (κ3) is 2.51. The SMILES string of the molecule is O=P(c1ccc[nH]1)(N1CCOCC1)N1CCOCC1.